The highest BCUT2D eigenvalue weighted by Gasteiger charge is 2.16. The summed E-state index contributed by atoms with van der Waals surface area (Å²) in [4.78, 5) is 17.6. The van der Waals surface area contributed by atoms with Gasteiger partial charge in [0, 0.05) is 17.1 Å². The molecule has 0 aliphatic heterocycles. The SMILES string of the molecule is Cc1ccc(CNC(=O)c2sc(-c3ccc(Cl)cc3)nc2C)cc1. The van der Waals surface area contributed by atoms with E-state index in [0.717, 1.165) is 21.8 Å². The highest BCUT2D eigenvalue weighted by Crippen LogP contribution is 2.28. The molecule has 0 saturated carbocycles. The van der Waals surface area contributed by atoms with Crippen molar-refractivity contribution in [3.63, 3.8) is 0 Å². The van der Waals surface area contributed by atoms with E-state index in [-0.39, 0.29) is 5.91 Å². The van der Waals surface area contributed by atoms with Gasteiger partial charge in [0.05, 0.1) is 5.69 Å². The third-order valence-corrected chi connectivity index (χ3v) is 5.12. The number of thiazole rings is 1. The van der Waals surface area contributed by atoms with Gasteiger partial charge in [0.25, 0.3) is 5.91 Å². The van der Waals surface area contributed by atoms with Gasteiger partial charge in [-0.2, -0.15) is 0 Å². The van der Waals surface area contributed by atoms with Crippen molar-refractivity contribution in [1.82, 2.24) is 10.3 Å². The maximum atomic E-state index is 12.4. The Morgan fingerprint density at radius 1 is 1.08 bits per heavy atom. The first kappa shape index (κ1) is 16.7. The molecular formula is C19H17ClN2OS. The summed E-state index contributed by atoms with van der Waals surface area (Å²) in [7, 11) is 0. The van der Waals surface area contributed by atoms with Crippen molar-refractivity contribution in [3.05, 3.63) is 75.3 Å². The molecule has 2 aromatic carbocycles. The van der Waals surface area contributed by atoms with Gasteiger partial charge >= 0.3 is 0 Å². The van der Waals surface area contributed by atoms with Crippen LogP contribution in [0.3, 0.4) is 0 Å². The number of benzene rings is 2. The molecule has 5 heteroatoms. The molecule has 0 saturated heterocycles. The molecule has 0 bridgehead atoms. The fourth-order valence-electron chi connectivity index (χ4n) is 2.29. The van der Waals surface area contributed by atoms with Gasteiger partial charge in [0.15, 0.2) is 0 Å². The Balaban J connectivity index is 1.73. The van der Waals surface area contributed by atoms with E-state index in [1.807, 2.05) is 62.4 Å². The van der Waals surface area contributed by atoms with Crippen LogP contribution in [0, 0.1) is 13.8 Å². The van der Waals surface area contributed by atoms with Gasteiger partial charge in [-0.3, -0.25) is 4.79 Å². The Morgan fingerprint density at radius 2 is 1.75 bits per heavy atom. The number of nitrogens with one attached hydrogen (secondary N) is 1. The lowest BCUT2D eigenvalue weighted by atomic mass is 10.1. The Labute approximate surface area is 150 Å². The van der Waals surface area contributed by atoms with Crippen molar-refractivity contribution in [2.45, 2.75) is 20.4 Å². The Morgan fingerprint density at radius 3 is 2.42 bits per heavy atom. The molecule has 0 aliphatic rings. The van der Waals surface area contributed by atoms with Crippen molar-refractivity contribution in [2.75, 3.05) is 0 Å². The second-order valence-electron chi connectivity index (χ2n) is 5.61. The zero-order chi connectivity index (χ0) is 17.1. The molecule has 3 aromatic rings. The summed E-state index contributed by atoms with van der Waals surface area (Å²) >= 11 is 7.31. The summed E-state index contributed by atoms with van der Waals surface area (Å²) in [6, 6.07) is 15.6. The van der Waals surface area contributed by atoms with Crippen LogP contribution in [0.25, 0.3) is 10.6 Å². The molecule has 1 amide bonds. The van der Waals surface area contributed by atoms with Crippen molar-refractivity contribution in [3.8, 4) is 10.6 Å². The van der Waals surface area contributed by atoms with E-state index < -0.39 is 0 Å². The minimum absolute atomic E-state index is 0.0919. The van der Waals surface area contributed by atoms with Gasteiger partial charge in [0.2, 0.25) is 0 Å². The number of aryl methyl sites for hydroxylation is 2. The fourth-order valence-corrected chi connectivity index (χ4v) is 3.41. The van der Waals surface area contributed by atoms with Gasteiger partial charge in [-0.15, -0.1) is 11.3 Å². The number of aromatic nitrogens is 1. The number of rotatable bonds is 4. The predicted molar refractivity (Wildman–Crippen MR) is 99.6 cm³/mol. The number of hydrogen-bond acceptors (Lipinski definition) is 3. The molecule has 3 nitrogen and oxygen atoms in total. The van der Waals surface area contributed by atoms with Gasteiger partial charge in [-0.05, 0) is 31.5 Å². The third-order valence-electron chi connectivity index (χ3n) is 3.67. The number of hydrogen-bond donors (Lipinski definition) is 1. The first-order chi connectivity index (χ1) is 11.5. The van der Waals surface area contributed by atoms with Crippen LogP contribution in [-0.4, -0.2) is 10.9 Å². The molecule has 0 fully saturated rings. The van der Waals surface area contributed by atoms with Crippen molar-refractivity contribution in [2.24, 2.45) is 0 Å². The first-order valence-electron chi connectivity index (χ1n) is 7.60. The van der Waals surface area contributed by atoms with E-state index in [0.29, 0.717) is 16.4 Å². The molecule has 0 atom stereocenters. The minimum atomic E-state index is -0.0919. The molecule has 1 aromatic heterocycles. The second-order valence-corrected chi connectivity index (χ2v) is 7.04. The molecule has 0 aliphatic carbocycles. The first-order valence-corrected chi connectivity index (χ1v) is 8.79. The molecule has 1 N–H and O–H groups in total. The lowest BCUT2D eigenvalue weighted by Gasteiger charge is -2.04. The predicted octanol–water partition coefficient (Wildman–Crippen LogP) is 5.01. The minimum Gasteiger partial charge on any atom is -0.347 e. The van der Waals surface area contributed by atoms with E-state index in [2.05, 4.69) is 10.3 Å². The molecule has 122 valence electrons. The van der Waals surface area contributed by atoms with E-state index in [4.69, 9.17) is 11.6 Å². The summed E-state index contributed by atoms with van der Waals surface area (Å²) in [6.45, 7) is 4.41. The van der Waals surface area contributed by atoms with Crippen LogP contribution in [0.15, 0.2) is 48.5 Å². The summed E-state index contributed by atoms with van der Waals surface area (Å²) in [5.74, 6) is -0.0919. The molecular weight excluding hydrogens is 340 g/mol. The van der Waals surface area contributed by atoms with Crippen molar-refractivity contribution < 1.29 is 4.79 Å². The monoisotopic (exact) mass is 356 g/mol. The van der Waals surface area contributed by atoms with Crippen LogP contribution in [0.4, 0.5) is 0 Å². The molecule has 0 spiro atoms. The molecule has 0 unspecified atom stereocenters. The number of carbonyl (C=O) groups excluding carboxylic acids is 1. The average molecular weight is 357 g/mol. The number of amides is 1. The van der Waals surface area contributed by atoms with Gasteiger partial charge < -0.3 is 5.32 Å². The number of carbonyl (C=O) groups is 1. The van der Waals surface area contributed by atoms with E-state index >= 15 is 0 Å². The number of nitrogens with zero attached hydrogens (tertiary/aromatic N) is 1. The summed E-state index contributed by atoms with van der Waals surface area (Å²) in [5, 5.41) is 4.47. The fraction of sp³-hybridized carbons (Fsp3) is 0.158. The van der Waals surface area contributed by atoms with Gasteiger partial charge in [0.1, 0.15) is 9.88 Å². The normalized spacial score (nSPS) is 10.6. The van der Waals surface area contributed by atoms with Crippen LogP contribution in [0.5, 0.6) is 0 Å². The Kier molecular flexibility index (Phi) is 4.97. The van der Waals surface area contributed by atoms with Crippen molar-refractivity contribution in [1.29, 1.82) is 0 Å². The third kappa shape index (κ3) is 3.83. The van der Waals surface area contributed by atoms with E-state index in [1.54, 1.807) is 0 Å². The van der Waals surface area contributed by atoms with E-state index in [1.165, 1.54) is 16.9 Å². The standard InChI is InChI=1S/C19H17ClN2OS/c1-12-3-5-14(6-4-12)11-21-18(23)17-13(2)22-19(24-17)15-7-9-16(20)10-8-15/h3-10H,11H2,1-2H3,(H,21,23). The lowest BCUT2D eigenvalue weighted by molar-refractivity contribution is 0.0954. The maximum Gasteiger partial charge on any atom is 0.263 e. The molecule has 24 heavy (non-hydrogen) atoms. The van der Waals surface area contributed by atoms with Crippen LogP contribution in [0.2, 0.25) is 5.02 Å². The zero-order valence-corrected chi connectivity index (χ0v) is 15.0. The van der Waals surface area contributed by atoms with Crippen LogP contribution in [-0.2, 0) is 6.54 Å². The summed E-state index contributed by atoms with van der Waals surface area (Å²) in [6.07, 6.45) is 0. The van der Waals surface area contributed by atoms with Gasteiger partial charge in [-0.1, -0.05) is 53.6 Å². The highest BCUT2D eigenvalue weighted by molar-refractivity contribution is 7.17. The largest absolute Gasteiger partial charge is 0.347 e. The van der Waals surface area contributed by atoms with Crippen molar-refractivity contribution >= 4 is 28.8 Å². The quantitative estimate of drug-likeness (QED) is 0.713. The zero-order valence-electron chi connectivity index (χ0n) is 13.5. The Hall–Kier alpha value is -2.17. The van der Waals surface area contributed by atoms with E-state index in [9.17, 15) is 4.79 Å². The smallest absolute Gasteiger partial charge is 0.263 e. The maximum absolute atomic E-state index is 12.4. The van der Waals surface area contributed by atoms with Crippen LogP contribution in [0.1, 0.15) is 26.5 Å². The van der Waals surface area contributed by atoms with Crippen LogP contribution >= 0.6 is 22.9 Å². The van der Waals surface area contributed by atoms with Gasteiger partial charge in [-0.25, -0.2) is 4.98 Å². The molecule has 3 rings (SSSR count). The lowest BCUT2D eigenvalue weighted by Crippen LogP contribution is -2.22. The summed E-state index contributed by atoms with van der Waals surface area (Å²) < 4.78 is 0. The topological polar surface area (TPSA) is 42.0 Å². The second kappa shape index (κ2) is 7.16. The molecule has 0 radical (unpaired) electrons. The average Bonchev–Trinajstić information content (AvgIpc) is 2.96. The number of halogens is 1. The molecule has 1 heterocycles. The Bertz CT molecular complexity index is 854. The highest BCUT2D eigenvalue weighted by atomic mass is 35.5. The van der Waals surface area contributed by atoms with Crippen LogP contribution < -0.4 is 5.32 Å². The summed E-state index contributed by atoms with van der Waals surface area (Å²) in [5.41, 5.74) is 3.99.